The number of halogens is 2. The molecular formula is C29H30F2N2O5. The predicted octanol–water partition coefficient (Wildman–Crippen LogP) is 5.33. The zero-order chi connectivity index (χ0) is 27.4. The average Bonchev–Trinajstić information content (AvgIpc) is 3.32. The number of carbonyl (C=O) groups is 2. The van der Waals surface area contributed by atoms with Crippen molar-refractivity contribution in [1.29, 1.82) is 0 Å². The number of carbonyl (C=O) groups excluding carboxylic acids is 2. The first kappa shape index (κ1) is 27.0. The zero-order valence-electron chi connectivity index (χ0n) is 21.8. The second kappa shape index (κ2) is 11.2. The van der Waals surface area contributed by atoms with E-state index in [0.29, 0.717) is 52.6 Å². The Labute approximate surface area is 220 Å². The van der Waals surface area contributed by atoms with Gasteiger partial charge in [-0.15, -0.1) is 0 Å². The van der Waals surface area contributed by atoms with Crippen molar-refractivity contribution in [2.24, 2.45) is 0 Å². The lowest BCUT2D eigenvalue weighted by Gasteiger charge is -2.21. The number of aromatic nitrogens is 1. The Kier molecular flexibility index (Phi) is 7.94. The van der Waals surface area contributed by atoms with Gasteiger partial charge < -0.3 is 19.5 Å². The van der Waals surface area contributed by atoms with Crippen LogP contribution >= 0.6 is 0 Å². The number of nitrogens with zero attached hydrogens (tertiary/aromatic N) is 1. The summed E-state index contributed by atoms with van der Waals surface area (Å²) in [5, 5.41) is 2.70. The largest absolute Gasteiger partial charge is 0.494 e. The molecule has 2 atom stereocenters. The third-order valence-corrected chi connectivity index (χ3v) is 6.62. The van der Waals surface area contributed by atoms with Gasteiger partial charge in [0.05, 0.1) is 19.9 Å². The molecule has 3 aromatic rings. The van der Waals surface area contributed by atoms with Crippen LogP contribution in [0.15, 0.2) is 48.5 Å². The highest BCUT2D eigenvalue weighted by molar-refractivity contribution is 5.96. The Balaban J connectivity index is 1.50. The molecule has 1 aliphatic heterocycles. The van der Waals surface area contributed by atoms with Crippen LogP contribution in [0.1, 0.15) is 47.8 Å². The van der Waals surface area contributed by atoms with Gasteiger partial charge in [-0.1, -0.05) is 0 Å². The van der Waals surface area contributed by atoms with E-state index in [-0.39, 0.29) is 36.0 Å². The van der Waals surface area contributed by atoms with Crippen molar-refractivity contribution in [1.82, 2.24) is 10.3 Å². The summed E-state index contributed by atoms with van der Waals surface area (Å²) >= 11 is 0. The lowest BCUT2D eigenvalue weighted by atomic mass is 9.93. The van der Waals surface area contributed by atoms with E-state index < -0.39 is 11.8 Å². The summed E-state index contributed by atoms with van der Waals surface area (Å²) in [5.41, 5.74) is -0.0260. The van der Waals surface area contributed by atoms with Crippen molar-refractivity contribution in [3.8, 4) is 28.5 Å². The van der Waals surface area contributed by atoms with Crippen molar-refractivity contribution in [2.45, 2.75) is 44.9 Å². The lowest BCUT2D eigenvalue weighted by Crippen LogP contribution is -2.27. The first-order valence-corrected chi connectivity index (χ1v) is 12.3. The van der Waals surface area contributed by atoms with Crippen LogP contribution in [-0.2, 0) is 10.5 Å². The average molecular weight is 525 g/mol. The van der Waals surface area contributed by atoms with E-state index in [2.05, 4.69) is 10.3 Å². The molecule has 9 heteroatoms. The number of aryl methyl sites for hydroxylation is 1. The summed E-state index contributed by atoms with van der Waals surface area (Å²) in [6.45, 7) is 3.55. The van der Waals surface area contributed by atoms with Gasteiger partial charge in [0, 0.05) is 30.5 Å². The number of methoxy groups -OCH3 is 2. The molecule has 0 bridgehead atoms. The van der Waals surface area contributed by atoms with Gasteiger partial charge in [-0.3, -0.25) is 9.59 Å². The molecule has 0 spiro atoms. The van der Waals surface area contributed by atoms with E-state index in [1.165, 1.54) is 39.3 Å². The van der Waals surface area contributed by atoms with Crippen LogP contribution in [-0.4, -0.2) is 43.5 Å². The van der Waals surface area contributed by atoms with Gasteiger partial charge in [0.25, 0.3) is 5.91 Å². The molecule has 1 saturated heterocycles. The third-order valence-electron chi connectivity index (χ3n) is 6.62. The van der Waals surface area contributed by atoms with Crippen LogP contribution in [0.4, 0.5) is 8.78 Å². The number of benzene rings is 2. The fraction of sp³-hybridized carbons (Fsp3) is 0.345. The van der Waals surface area contributed by atoms with E-state index in [1.54, 1.807) is 37.3 Å². The number of Topliss-reactive ketones (excluding diaryl/α,β-unsaturated/α-hetero) is 1. The maximum absolute atomic E-state index is 15.8. The SMILES string of the molecule is COc1cc(C(=O)CCC(C)(F)c2ccc(OC)c(-c3ccc(F)c(C)c3)n2)ccc1OC1CCNC1=O. The van der Waals surface area contributed by atoms with Crippen molar-refractivity contribution in [3.05, 3.63) is 71.2 Å². The van der Waals surface area contributed by atoms with E-state index in [4.69, 9.17) is 14.2 Å². The summed E-state index contributed by atoms with van der Waals surface area (Å²) in [7, 11) is 2.93. The molecule has 1 aromatic heterocycles. The van der Waals surface area contributed by atoms with Gasteiger partial charge in [-0.2, -0.15) is 0 Å². The van der Waals surface area contributed by atoms with Crippen molar-refractivity contribution in [3.63, 3.8) is 0 Å². The summed E-state index contributed by atoms with van der Waals surface area (Å²) < 4.78 is 46.1. The number of hydrogen-bond donors (Lipinski definition) is 1. The zero-order valence-corrected chi connectivity index (χ0v) is 21.8. The number of rotatable bonds is 10. The van der Waals surface area contributed by atoms with Crippen LogP contribution in [0.3, 0.4) is 0 Å². The van der Waals surface area contributed by atoms with E-state index >= 15 is 4.39 Å². The highest BCUT2D eigenvalue weighted by Gasteiger charge is 2.30. The molecule has 2 unspecified atom stereocenters. The van der Waals surface area contributed by atoms with Gasteiger partial charge in [0.2, 0.25) is 0 Å². The van der Waals surface area contributed by atoms with Crippen LogP contribution in [0.25, 0.3) is 11.3 Å². The van der Waals surface area contributed by atoms with E-state index in [0.717, 1.165) is 0 Å². The highest BCUT2D eigenvalue weighted by Crippen LogP contribution is 2.36. The second-order valence-corrected chi connectivity index (χ2v) is 9.38. The minimum Gasteiger partial charge on any atom is -0.494 e. The van der Waals surface area contributed by atoms with Crippen LogP contribution in [0.2, 0.25) is 0 Å². The second-order valence-electron chi connectivity index (χ2n) is 9.38. The van der Waals surface area contributed by atoms with Gasteiger partial charge in [-0.05, 0) is 74.4 Å². The maximum Gasteiger partial charge on any atom is 0.261 e. The molecule has 2 aromatic carbocycles. The molecule has 7 nitrogen and oxygen atoms in total. The first-order chi connectivity index (χ1) is 18.1. The Bertz CT molecular complexity index is 1360. The number of amides is 1. The number of ether oxygens (including phenoxy) is 3. The normalized spacial score (nSPS) is 16.5. The molecule has 2 heterocycles. The smallest absolute Gasteiger partial charge is 0.261 e. The molecule has 4 rings (SSSR count). The topological polar surface area (TPSA) is 86.8 Å². The number of alkyl halides is 1. The maximum atomic E-state index is 15.8. The summed E-state index contributed by atoms with van der Waals surface area (Å²) in [4.78, 5) is 29.3. The monoisotopic (exact) mass is 524 g/mol. The predicted molar refractivity (Wildman–Crippen MR) is 138 cm³/mol. The number of hydrogen-bond acceptors (Lipinski definition) is 6. The first-order valence-electron chi connectivity index (χ1n) is 12.3. The molecule has 0 aliphatic carbocycles. The van der Waals surface area contributed by atoms with Crippen LogP contribution in [0, 0.1) is 12.7 Å². The number of pyridine rings is 1. The Morgan fingerprint density at radius 3 is 2.47 bits per heavy atom. The molecule has 0 radical (unpaired) electrons. The van der Waals surface area contributed by atoms with Gasteiger partial charge in [0.15, 0.2) is 23.4 Å². The molecule has 1 fully saturated rings. The number of nitrogens with one attached hydrogen (secondary N) is 1. The van der Waals surface area contributed by atoms with Gasteiger partial charge in [-0.25, -0.2) is 13.8 Å². The number of ketones is 1. The molecule has 1 aliphatic rings. The van der Waals surface area contributed by atoms with Gasteiger partial charge >= 0.3 is 0 Å². The minimum absolute atomic E-state index is 0.0832. The standard InChI is InChI=1S/C29H30F2N2O5/c1-17-15-19(5-7-20(17)30)27-23(36-3)9-10-26(33-27)29(2,31)13-11-21(34)18-6-8-22(25(16-18)37-4)38-24-12-14-32-28(24)35/h5-10,15-16,24H,11-14H2,1-4H3,(H,32,35). The summed E-state index contributed by atoms with van der Waals surface area (Å²) in [6, 6.07) is 12.3. The third kappa shape index (κ3) is 5.77. The van der Waals surface area contributed by atoms with Crippen LogP contribution < -0.4 is 19.5 Å². The Hall–Kier alpha value is -4.01. The quantitative estimate of drug-likeness (QED) is 0.361. The van der Waals surface area contributed by atoms with Crippen LogP contribution in [0.5, 0.6) is 17.2 Å². The van der Waals surface area contributed by atoms with E-state index in [9.17, 15) is 14.0 Å². The molecule has 1 amide bonds. The Morgan fingerprint density at radius 2 is 1.82 bits per heavy atom. The summed E-state index contributed by atoms with van der Waals surface area (Å²) in [5.74, 6) is 0.274. The van der Waals surface area contributed by atoms with Crippen molar-refractivity contribution >= 4 is 11.7 Å². The molecular weight excluding hydrogens is 494 g/mol. The summed E-state index contributed by atoms with van der Waals surface area (Å²) in [6.07, 6.45) is -0.270. The highest BCUT2D eigenvalue weighted by atomic mass is 19.1. The van der Waals surface area contributed by atoms with Gasteiger partial charge in [0.1, 0.15) is 22.9 Å². The lowest BCUT2D eigenvalue weighted by molar-refractivity contribution is -0.124. The molecule has 200 valence electrons. The van der Waals surface area contributed by atoms with Crippen molar-refractivity contribution < 1.29 is 32.6 Å². The fourth-order valence-electron chi connectivity index (χ4n) is 4.30. The molecule has 0 saturated carbocycles. The van der Waals surface area contributed by atoms with E-state index in [1.807, 2.05) is 0 Å². The Morgan fingerprint density at radius 1 is 1.08 bits per heavy atom. The molecule has 1 N–H and O–H groups in total. The fourth-order valence-corrected chi connectivity index (χ4v) is 4.30. The van der Waals surface area contributed by atoms with Crippen molar-refractivity contribution in [2.75, 3.05) is 20.8 Å². The minimum atomic E-state index is -1.92. The molecule has 38 heavy (non-hydrogen) atoms.